The van der Waals surface area contributed by atoms with Crippen molar-refractivity contribution in [3.8, 4) is 11.3 Å². The van der Waals surface area contributed by atoms with E-state index in [4.69, 9.17) is 0 Å². The maximum absolute atomic E-state index is 12.4. The van der Waals surface area contributed by atoms with E-state index in [0.29, 0.717) is 21.9 Å². The Labute approximate surface area is 178 Å². The number of hydrogen-bond acceptors (Lipinski definition) is 4. The third-order valence-corrected chi connectivity index (χ3v) is 5.27. The van der Waals surface area contributed by atoms with Gasteiger partial charge in [-0.2, -0.15) is 0 Å². The van der Waals surface area contributed by atoms with E-state index in [1.165, 1.54) is 11.3 Å². The molecular weight excluding hydrogens is 394 g/mol. The van der Waals surface area contributed by atoms with Gasteiger partial charge in [0.2, 0.25) is 0 Å². The van der Waals surface area contributed by atoms with Crippen LogP contribution >= 0.6 is 11.3 Å². The van der Waals surface area contributed by atoms with Crippen LogP contribution in [0.1, 0.15) is 26.3 Å². The Bertz CT molecular complexity index is 1170. The molecule has 1 aromatic heterocycles. The predicted octanol–water partition coefficient (Wildman–Crippen LogP) is 5.62. The van der Waals surface area contributed by atoms with E-state index in [0.717, 1.165) is 16.8 Å². The van der Waals surface area contributed by atoms with Crippen LogP contribution in [0.25, 0.3) is 11.3 Å². The maximum atomic E-state index is 12.4. The van der Waals surface area contributed by atoms with Gasteiger partial charge < -0.3 is 5.32 Å². The fourth-order valence-electron chi connectivity index (χ4n) is 2.86. The average molecular weight is 414 g/mol. The molecule has 4 rings (SSSR count). The van der Waals surface area contributed by atoms with E-state index in [9.17, 15) is 9.59 Å². The fraction of sp³-hybridized carbons (Fsp3) is 0.0417. The minimum absolute atomic E-state index is 0.155. The number of hydrogen-bond donors (Lipinski definition) is 2. The number of anilines is 2. The van der Waals surface area contributed by atoms with Crippen LogP contribution in [-0.2, 0) is 0 Å². The molecule has 0 unspecified atom stereocenters. The van der Waals surface area contributed by atoms with Crippen molar-refractivity contribution < 1.29 is 9.59 Å². The first kappa shape index (κ1) is 19.5. The molecule has 0 aliphatic heterocycles. The Morgan fingerprint density at radius 1 is 0.767 bits per heavy atom. The number of carbonyl (C=O) groups excluding carboxylic acids is 2. The first-order chi connectivity index (χ1) is 14.6. The Hall–Kier alpha value is -3.77. The summed E-state index contributed by atoms with van der Waals surface area (Å²) < 4.78 is 0. The minimum Gasteiger partial charge on any atom is -0.322 e. The molecule has 0 fully saturated rings. The summed E-state index contributed by atoms with van der Waals surface area (Å²) in [6, 6.07) is 23.9. The Morgan fingerprint density at radius 2 is 1.40 bits per heavy atom. The van der Waals surface area contributed by atoms with Gasteiger partial charge in [0.05, 0.1) is 5.69 Å². The van der Waals surface area contributed by atoms with Gasteiger partial charge in [0.25, 0.3) is 11.8 Å². The number of thiazole rings is 1. The van der Waals surface area contributed by atoms with Crippen molar-refractivity contribution in [3.05, 3.63) is 101 Å². The summed E-state index contributed by atoms with van der Waals surface area (Å²) in [5.41, 5.74) is 4.67. The number of aromatic nitrogens is 1. The van der Waals surface area contributed by atoms with Gasteiger partial charge in [-0.25, -0.2) is 4.98 Å². The molecule has 4 aromatic rings. The van der Waals surface area contributed by atoms with Gasteiger partial charge in [0.15, 0.2) is 5.13 Å². The number of rotatable bonds is 5. The largest absolute Gasteiger partial charge is 0.322 e. The number of nitrogens with one attached hydrogen (secondary N) is 2. The Morgan fingerprint density at radius 3 is 2.10 bits per heavy atom. The standard InChI is InChI=1S/C24H19N3O2S/c1-16-7-9-19(10-8-16)23(29)27-24-26-21(15-30-24)17-11-13-20(14-12-17)25-22(28)18-5-3-2-4-6-18/h2-15H,1H3,(H,25,28)(H,26,27,29). The lowest BCUT2D eigenvalue weighted by Crippen LogP contribution is -2.11. The molecule has 0 saturated heterocycles. The lowest BCUT2D eigenvalue weighted by molar-refractivity contribution is 0.101. The van der Waals surface area contributed by atoms with Crippen LogP contribution in [-0.4, -0.2) is 16.8 Å². The van der Waals surface area contributed by atoms with Crippen LogP contribution in [0.5, 0.6) is 0 Å². The molecular formula is C24H19N3O2S. The maximum Gasteiger partial charge on any atom is 0.257 e. The zero-order chi connectivity index (χ0) is 20.9. The van der Waals surface area contributed by atoms with E-state index >= 15 is 0 Å². The number of nitrogens with zero attached hydrogens (tertiary/aromatic N) is 1. The third kappa shape index (κ3) is 4.61. The molecule has 0 bridgehead atoms. The molecule has 0 spiro atoms. The van der Waals surface area contributed by atoms with Crippen LogP contribution in [0.3, 0.4) is 0 Å². The second-order valence-electron chi connectivity index (χ2n) is 6.76. The zero-order valence-electron chi connectivity index (χ0n) is 16.3. The van der Waals surface area contributed by atoms with Crippen LogP contribution in [0.15, 0.2) is 84.2 Å². The molecule has 0 atom stereocenters. The quantitative estimate of drug-likeness (QED) is 0.446. The number of benzene rings is 3. The highest BCUT2D eigenvalue weighted by molar-refractivity contribution is 7.14. The topological polar surface area (TPSA) is 71.1 Å². The summed E-state index contributed by atoms with van der Waals surface area (Å²) in [7, 11) is 0. The van der Waals surface area contributed by atoms with Crippen molar-refractivity contribution in [2.24, 2.45) is 0 Å². The number of carbonyl (C=O) groups is 2. The predicted molar refractivity (Wildman–Crippen MR) is 121 cm³/mol. The van der Waals surface area contributed by atoms with Crippen LogP contribution in [0.4, 0.5) is 10.8 Å². The number of amides is 2. The highest BCUT2D eigenvalue weighted by Gasteiger charge is 2.11. The van der Waals surface area contributed by atoms with Crippen molar-refractivity contribution in [3.63, 3.8) is 0 Å². The molecule has 0 saturated carbocycles. The second kappa shape index (κ2) is 8.71. The van der Waals surface area contributed by atoms with Crippen molar-refractivity contribution in [1.82, 2.24) is 4.98 Å². The van der Waals surface area contributed by atoms with Gasteiger partial charge in [-0.1, -0.05) is 48.0 Å². The summed E-state index contributed by atoms with van der Waals surface area (Å²) in [5, 5.41) is 8.14. The lowest BCUT2D eigenvalue weighted by atomic mass is 10.1. The van der Waals surface area contributed by atoms with Gasteiger partial charge in [-0.05, 0) is 43.3 Å². The van der Waals surface area contributed by atoms with Crippen molar-refractivity contribution in [2.45, 2.75) is 6.92 Å². The van der Waals surface area contributed by atoms with Crippen molar-refractivity contribution in [2.75, 3.05) is 10.6 Å². The lowest BCUT2D eigenvalue weighted by Gasteiger charge is -2.06. The normalized spacial score (nSPS) is 10.4. The molecule has 30 heavy (non-hydrogen) atoms. The van der Waals surface area contributed by atoms with Gasteiger partial charge in [-0.15, -0.1) is 11.3 Å². The minimum atomic E-state index is -0.185. The van der Waals surface area contributed by atoms with Gasteiger partial charge >= 0.3 is 0 Å². The molecule has 2 N–H and O–H groups in total. The van der Waals surface area contributed by atoms with E-state index in [2.05, 4.69) is 15.6 Å². The molecule has 148 valence electrons. The summed E-state index contributed by atoms with van der Waals surface area (Å²) in [4.78, 5) is 29.1. The molecule has 1 heterocycles. The second-order valence-corrected chi connectivity index (χ2v) is 7.61. The average Bonchev–Trinajstić information content (AvgIpc) is 3.23. The SMILES string of the molecule is Cc1ccc(C(=O)Nc2nc(-c3ccc(NC(=O)c4ccccc4)cc3)cs2)cc1. The molecule has 0 aliphatic carbocycles. The molecule has 3 aromatic carbocycles. The third-order valence-electron chi connectivity index (χ3n) is 4.51. The Balaban J connectivity index is 1.41. The highest BCUT2D eigenvalue weighted by atomic mass is 32.1. The van der Waals surface area contributed by atoms with Crippen LogP contribution < -0.4 is 10.6 Å². The summed E-state index contributed by atoms with van der Waals surface area (Å²) in [6.07, 6.45) is 0. The van der Waals surface area contributed by atoms with Crippen molar-refractivity contribution >= 4 is 34.0 Å². The smallest absolute Gasteiger partial charge is 0.257 e. The first-order valence-corrected chi connectivity index (χ1v) is 10.3. The summed E-state index contributed by atoms with van der Waals surface area (Å²) in [6.45, 7) is 1.98. The van der Waals surface area contributed by atoms with Gasteiger partial charge in [0, 0.05) is 27.8 Å². The molecule has 5 nitrogen and oxygen atoms in total. The first-order valence-electron chi connectivity index (χ1n) is 9.39. The number of aryl methyl sites for hydroxylation is 1. The highest BCUT2D eigenvalue weighted by Crippen LogP contribution is 2.26. The van der Waals surface area contributed by atoms with E-state index < -0.39 is 0 Å². The molecule has 0 aliphatic rings. The van der Waals surface area contributed by atoms with E-state index in [-0.39, 0.29) is 11.8 Å². The van der Waals surface area contributed by atoms with E-state index in [1.54, 1.807) is 24.3 Å². The van der Waals surface area contributed by atoms with Crippen LogP contribution in [0, 0.1) is 6.92 Å². The van der Waals surface area contributed by atoms with Crippen molar-refractivity contribution in [1.29, 1.82) is 0 Å². The molecule has 2 amide bonds. The molecule has 6 heteroatoms. The zero-order valence-corrected chi connectivity index (χ0v) is 17.1. The fourth-order valence-corrected chi connectivity index (χ4v) is 3.57. The molecule has 0 radical (unpaired) electrons. The summed E-state index contributed by atoms with van der Waals surface area (Å²) in [5.74, 6) is -0.340. The van der Waals surface area contributed by atoms with Gasteiger partial charge in [0.1, 0.15) is 0 Å². The summed E-state index contributed by atoms with van der Waals surface area (Å²) >= 11 is 1.37. The van der Waals surface area contributed by atoms with Crippen LogP contribution in [0.2, 0.25) is 0 Å². The Kier molecular flexibility index (Phi) is 5.68. The van der Waals surface area contributed by atoms with Gasteiger partial charge in [-0.3, -0.25) is 14.9 Å². The monoisotopic (exact) mass is 413 g/mol. The van der Waals surface area contributed by atoms with E-state index in [1.807, 2.05) is 66.9 Å².